The average Bonchev–Trinajstić information content (AvgIpc) is 3.13. The van der Waals surface area contributed by atoms with Crippen molar-refractivity contribution in [2.45, 2.75) is 11.2 Å². The Morgan fingerprint density at radius 2 is 1.92 bits per heavy atom. The molecule has 1 aromatic carbocycles. The highest BCUT2D eigenvalue weighted by molar-refractivity contribution is 7.90. The van der Waals surface area contributed by atoms with Crippen LogP contribution in [-0.2, 0) is 14.8 Å². The summed E-state index contributed by atoms with van der Waals surface area (Å²) in [5.41, 5.74) is 1.27. The molecule has 0 radical (unpaired) electrons. The van der Waals surface area contributed by atoms with Crippen LogP contribution in [0.4, 0.5) is 0 Å². The molecule has 9 heteroatoms. The van der Waals surface area contributed by atoms with Gasteiger partial charge in [0.25, 0.3) is 0 Å². The molecule has 8 nitrogen and oxygen atoms in total. The van der Waals surface area contributed by atoms with Gasteiger partial charge in [-0.3, -0.25) is 0 Å². The molecule has 136 valence electrons. The fraction of sp³-hybridized carbons (Fsp3) is 0.235. The summed E-state index contributed by atoms with van der Waals surface area (Å²) >= 11 is 0. The molecule has 0 amide bonds. The van der Waals surface area contributed by atoms with Crippen molar-refractivity contribution in [3.63, 3.8) is 0 Å². The third kappa shape index (κ3) is 2.74. The van der Waals surface area contributed by atoms with E-state index in [0.29, 0.717) is 0 Å². The molecule has 0 spiro atoms. The van der Waals surface area contributed by atoms with E-state index in [1.54, 1.807) is 12.2 Å². The number of rotatable bonds is 5. The first-order chi connectivity index (χ1) is 12.3. The van der Waals surface area contributed by atoms with Gasteiger partial charge in [0.15, 0.2) is 10.4 Å². The van der Waals surface area contributed by atoms with Crippen molar-refractivity contribution in [2.75, 3.05) is 14.1 Å². The van der Waals surface area contributed by atoms with Gasteiger partial charge in [0.05, 0.1) is 0 Å². The van der Waals surface area contributed by atoms with Crippen LogP contribution in [0, 0.1) is 0 Å². The summed E-state index contributed by atoms with van der Waals surface area (Å²) in [6.07, 6.45) is 4.99. The minimum absolute atomic E-state index is 0.0427. The fourth-order valence-electron chi connectivity index (χ4n) is 2.96. The largest absolute Gasteiger partial charge is 0.476 e. The minimum Gasteiger partial charge on any atom is -0.476 e. The van der Waals surface area contributed by atoms with E-state index in [2.05, 4.69) is 15.4 Å². The van der Waals surface area contributed by atoms with Crippen LogP contribution in [0.2, 0.25) is 0 Å². The number of benzene rings is 1. The van der Waals surface area contributed by atoms with E-state index in [-0.39, 0.29) is 12.1 Å². The first kappa shape index (κ1) is 18.0. The average molecular weight is 374 g/mol. The molecular weight excluding hydrogens is 356 g/mol. The van der Waals surface area contributed by atoms with Crippen molar-refractivity contribution in [2.24, 2.45) is 0 Å². The molecule has 26 heavy (non-hydrogen) atoms. The number of nitrogens with zero attached hydrogens (tertiary/aromatic N) is 3. The van der Waals surface area contributed by atoms with E-state index >= 15 is 0 Å². The van der Waals surface area contributed by atoms with Crippen LogP contribution in [0.5, 0.6) is 0 Å². The number of aromatic carboxylic acids is 1. The van der Waals surface area contributed by atoms with Gasteiger partial charge in [0.2, 0.25) is 10.0 Å². The van der Waals surface area contributed by atoms with Gasteiger partial charge >= 0.3 is 5.97 Å². The van der Waals surface area contributed by atoms with Crippen molar-refractivity contribution in [3.8, 4) is 0 Å². The molecule has 2 aromatic rings. The van der Waals surface area contributed by atoms with E-state index in [0.717, 1.165) is 15.4 Å². The molecule has 1 aliphatic carbocycles. The van der Waals surface area contributed by atoms with E-state index in [1.165, 1.54) is 20.2 Å². The van der Waals surface area contributed by atoms with E-state index in [1.807, 2.05) is 30.3 Å². The van der Waals surface area contributed by atoms with Gasteiger partial charge in [0.1, 0.15) is 5.69 Å². The van der Waals surface area contributed by atoms with Gasteiger partial charge in [-0.05, 0) is 17.6 Å². The number of aromatic amines is 1. The van der Waals surface area contributed by atoms with Gasteiger partial charge in [-0.15, -0.1) is 5.10 Å². The van der Waals surface area contributed by atoms with Crippen LogP contribution in [0.25, 0.3) is 5.57 Å². The monoisotopic (exact) mass is 374 g/mol. The smallest absolute Gasteiger partial charge is 0.358 e. The van der Waals surface area contributed by atoms with E-state index in [4.69, 9.17) is 0 Å². The zero-order valence-electron chi connectivity index (χ0n) is 14.2. The third-order valence-electron chi connectivity index (χ3n) is 4.36. The molecule has 1 aliphatic rings. The van der Waals surface area contributed by atoms with Gasteiger partial charge in [-0.1, -0.05) is 48.6 Å². The lowest BCUT2D eigenvalue weighted by atomic mass is 9.89. The second-order valence-electron chi connectivity index (χ2n) is 6.07. The van der Waals surface area contributed by atoms with Gasteiger partial charge < -0.3 is 5.11 Å². The van der Waals surface area contributed by atoms with Gasteiger partial charge in [0, 0.05) is 14.1 Å². The highest BCUT2D eigenvalue weighted by Gasteiger charge is 2.49. The molecule has 1 heterocycles. The first-order valence-electron chi connectivity index (χ1n) is 7.81. The lowest BCUT2D eigenvalue weighted by Gasteiger charge is -2.33. The first-order valence-corrected chi connectivity index (χ1v) is 9.25. The van der Waals surface area contributed by atoms with Crippen molar-refractivity contribution >= 4 is 21.6 Å². The van der Waals surface area contributed by atoms with Crippen molar-refractivity contribution in [3.05, 3.63) is 65.5 Å². The predicted octanol–water partition coefficient (Wildman–Crippen LogP) is 1.63. The Kier molecular flexibility index (Phi) is 4.51. The SMILES string of the molecule is CN(C)S(=O)(=O)C1(c2n[nH]nc2C(=O)O)C=CC(c2ccccc2)=CC1. The molecule has 2 N–H and O–H groups in total. The third-order valence-corrected chi connectivity index (χ3v) is 6.73. The Balaban J connectivity index is 2.15. The maximum atomic E-state index is 13.1. The van der Waals surface area contributed by atoms with Crippen LogP contribution in [0.15, 0.2) is 48.6 Å². The number of allylic oxidation sites excluding steroid dienone is 3. The summed E-state index contributed by atoms with van der Waals surface area (Å²) in [4.78, 5) is 11.5. The lowest BCUT2D eigenvalue weighted by molar-refractivity contribution is 0.0688. The Morgan fingerprint density at radius 3 is 2.46 bits per heavy atom. The van der Waals surface area contributed by atoms with Crippen molar-refractivity contribution < 1.29 is 18.3 Å². The molecule has 0 aliphatic heterocycles. The highest BCUT2D eigenvalue weighted by atomic mass is 32.2. The minimum atomic E-state index is -3.93. The van der Waals surface area contributed by atoms with E-state index in [9.17, 15) is 18.3 Å². The van der Waals surface area contributed by atoms with Crippen LogP contribution in [-0.4, -0.2) is 53.3 Å². The van der Waals surface area contributed by atoms with Crippen LogP contribution in [0.1, 0.15) is 28.2 Å². The number of H-pyrrole nitrogens is 1. The zero-order chi connectivity index (χ0) is 18.9. The maximum Gasteiger partial charge on any atom is 0.358 e. The number of nitrogens with one attached hydrogen (secondary N) is 1. The summed E-state index contributed by atoms with van der Waals surface area (Å²) in [5, 5.41) is 19.1. The zero-order valence-corrected chi connectivity index (χ0v) is 15.1. The van der Waals surface area contributed by atoms with Crippen LogP contribution < -0.4 is 0 Å². The van der Waals surface area contributed by atoms with Gasteiger partial charge in [-0.2, -0.15) is 10.3 Å². The molecule has 0 bridgehead atoms. The van der Waals surface area contributed by atoms with Crippen LogP contribution >= 0.6 is 0 Å². The molecule has 0 fully saturated rings. The standard InChI is InChI=1S/C17H18N4O4S/c1-21(2)26(24,25)17(15-14(16(22)23)18-20-19-15)10-8-13(9-11-17)12-6-4-3-5-7-12/h3-10H,11H2,1-2H3,(H,22,23)(H,18,19,20). The second-order valence-corrected chi connectivity index (χ2v) is 8.47. The number of carboxylic acids is 1. The molecule has 1 unspecified atom stereocenters. The summed E-state index contributed by atoms with van der Waals surface area (Å²) in [7, 11) is -1.12. The quantitative estimate of drug-likeness (QED) is 0.822. The topological polar surface area (TPSA) is 116 Å². The van der Waals surface area contributed by atoms with Crippen molar-refractivity contribution in [1.82, 2.24) is 19.7 Å². The molecule has 1 aromatic heterocycles. The lowest BCUT2D eigenvalue weighted by Crippen LogP contribution is -2.43. The Labute approximate surface area is 150 Å². The summed E-state index contributed by atoms with van der Waals surface area (Å²) in [6.45, 7) is 0. The predicted molar refractivity (Wildman–Crippen MR) is 95.8 cm³/mol. The number of carboxylic acid groups (broad SMARTS) is 1. The fourth-order valence-corrected chi connectivity index (χ4v) is 4.53. The Morgan fingerprint density at radius 1 is 1.23 bits per heavy atom. The molecule has 1 atom stereocenters. The Hall–Kier alpha value is -2.78. The summed E-state index contributed by atoms with van der Waals surface area (Å²) in [5.74, 6) is -1.34. The maximum absolute atomic E-state index is 13.1. The highest BCUT2D eigenvalue weighted by Crippen LogP contribution is 2.42. The van der Waals surface area contributed by atoms with Crippen molar-refractivity contribution in [1.29, 1.82) is 0 Å². The summed E-state index contributed by atoms with van der Waals surface area (Å²) < 4.78 is 25.6. The number of hydrogen-bond acceptors (Lipinski definition) is 5. The summed E-state index contributed by atoms with van der Waals surface area (Å²) in [6, 6.07) is 9.52. The molecular formula is C17H18N4O4S. The van der Waals surface area contributed by atoms with Gasteiger partial charge in [-0.25, -0.2) is 17.5 Å². The second kappa shape index (κ2) is 6.50. The molecule has 3 rings (SSSR count). The molecule has 0 saturated carbocycles. The number of aromatic nitrogens is 3. The normalized spacial score (nSPS) is 20.2. The van der Waals surface area contributed by atoms with Crippen LogP contribution in [0.3, 0.4) is 0 Å². The van der Waals surface area contributed by atoms with E-state index < -0.39 is 26.4 Å². The molecule has 0 saturated heterocycles. The number of carbonyl (C=O) groups is 1. The number of hydrogen-bond donors (Lipinski definition) is 2. The number of sulfonamides is 1. The Bertz CT molecular complexity index is 993.